The van der Waals surface area contributed by atoms with Crippen LogP contribution in [0.2, 0.25) is 10.0 Å². The summed E-state index contributed by atoms with van der Waals surface area (Å²) in [5.74, 6) is -3.26. The molecule has 0 aromatic heterocycles. The van der Waals surface area contributed by atoms with Gasteiger partial charge in [-0.2, -0.15) is 5.26 Å². The van der Waals surface area contributed by atoms with E-state index in [1.54, 1.807) is 0 Å². The molecule has 2 aromatic carbocycles. The van der Waals surface area contributed by atoms with Crippen LogP contribution in [-0.2, 0) is 14.9 Å². The summed E-state index contributed by atoms with van der Waals surface area (Å²) in [6.45, 7) is 5.90. The Labute approximate surface area is 196 Å². The van der Waals surface area contributed by atoms with Crippen LogP contribution in [-0.4, -0.2) is 25.2 Å². The van der Waals surface area contributed by atoms with Crippen molar-refractivity contribution < 1.29 is 18.3 Å². The number of nitrogens with one attached hydrogen (secondary N) is 1. The number of nitriles is 1. The molecule has 1 heterocycles. The van der Waals surface area contributed by atoms with E-state index in [4.69, 9.17) is 27.9 Å². The number of rotatable bonds is 4. The molecule has 1 aliphatic rings. The first-order valence-electron chi connectivity index (χ1n) is 10.1. The smallest absolute Gasteiger partial charge is 0.323 e. The van der Waals surface area contributed by atoms with Gasteiger partial charge in [-0.25, -0.2) is 8.78 Å². The number of esters is 1. The van der Waals surface area contributed by atoms with Crippen molar-refractivity contribution in [1.29, 1.82) is 5.26 Å². The van der Waals surface area contributed by atoms with E-state index in [0.717, 1.165) is 6.07 Å². The molecule has 4 atom stereocenters. The van der Waals surface area contributed by atoms with Crippen molar-refractivity contribution in [3.05, 3.63) is 69.2 Å². The molecular weight excluding hydrogens is 457 g/mol. The van der Waals surface area contributed by atoms with Gasteiger partial charge in [0.2, 0.25) is 0 Å². The van der Waals surface area contributed by atoms with Gasteiger partial charge in [-0.15, -0.1) is 0 Å². The number of halogens is 4. The number of methoxy groups -OCH3 is 1. The second kappa shape index (κ2) is 8.97. The summed E-state index contributed by atoms with van der Waals surface area (Å²) in [7, 11) is 1.21. The zero-order valence-corrected chi connectivity index (χ0v) is 19.7. The van der Waals surface area contributed by atoms with E-state index >= 15 is 8.78 Å². The van der Waals surface area contributed by atoms with Crippen molar-refractivity contribution in [2.75, 3.05) is 7.11 Å². The largest absolute Gasteiger partial charge is 0.468 e. The van der Waals surface area contributed by atoms with Gasteiger partial charge in [0.05, 0.1) is 18.2 Å². The third-order valence-electron chi connectivity index (χ3n) is 5.90. The Morgan fingerprint density at radius 1 is 1.25 bits per heavy atom. The number of nitrogens with zero attached hydrogens (tertiary/aromatic N) is 1. The van der Waals surface area contributed by atoms with Crippen LogP contribution in [0.15, 0.2) is 36.4 Å². The van der Waals surface area contributed by atoms with Crippen LogP contribution < -0.4 is 5.32 Å². The second-order valence-electron chi connectivity index (χ2n) is 9.21. The fourth-order valence-corrected chi connectivity index (χ4v) is 5.00. The van der Waals surface area contributed by atoms with Crippen molar-refractivity contribution in [3.8, 4) is 6.07 Å². The van der Waals surface area contributed by atoms with Crippen molar-refractivity contribution in [2.24, 2.45) is 5.41 Å². The Hall–Kier alpha value is -2.20. The first-order chi connectivity index (χ1) is 15.0. The first-order valence-corrected chi connectivity index (χ1v) is 10.9. The highest BCUT2D eigenvalue weighted by Gasteiger charge is 2.61. The van der Waals surface area contributed by atoms with Crippen molar-refractivity contribution in [2.45, 2.75) is 50.6 Å². The summed E-state index contributed by atoms with van der Waals surface area (Å²) in [4.78, 5) is 12.8. The lowest BCUT2D eigenvalue weighted by Gasteiger charge is -2.37. The molecule has 1 aliphatic heterocycles. The molecule has 0 radical (unpaired) electrons. The van der Waals surface area contributed by atoms with Crippen molar-refractivity contribution in [3.63, 3.8) is 0 Å². The summed E-state index contributed by atoms with van der Waals surface area (Å²) in [5, 5.41) is 13.8. The Morgan fingerprint density at radius 2 is 1.94 bits per heavy atom. The van der Waals surface area contributed by atoms with Gasteiger partial charge in [0.15, 0.2) is 0 Å². The molecular formula is C24H24Cl2F2N2O2. The zero-order valence-electron chi connectivity index (χ0n) is 18.2. The Morgan fingerprint density at radius 3 is 2.50 bits per heavy atom. The maximum absolute atomic E-state index is 15.3. The Kier molecular flexibility index (Phi) is 6.86. The average molecular weight is 481 g/mol. The SMILES string of the molecule is COC(=O)[C@@H]1N[C@@H](CC(C)(C)C)[C@](C#N)(c2ccc(Cl)cc2F)[C@H]1c1cccc(Cl)c1F. The number of hydrogen-bond acceptors (Lipinski definition) is 4. The van der Waals surface area contributed by atoms with E-state index in [2.05, 4.69) is 11.4 Å². The van der Waals surface area contributed by atoms with Gasteiger partial charge in [0.25, 0.3) is 0 Å². The van der Waals surface area contributed by atoms with E-state index in [9.17, 15) is 10.1 Å². The summed E-state index contributed by atoms with van der Waals surface area (Å²) < 4.78 is 35.6. The highest BCUT2D eigenvalue weighted by Crippen LogP contribution is 2.52. The van der Waals surface area contributed by atoms with Crippen LogP contribution in [0, 0.1) is 28.4 Å². The fraction of sp³-hybridized carbons (Fsp3) is 0.417. The predicted molar refractivity (Wildman–Crippen MR) is 120 cm³/mol. The van der Waals surface area contributed by atoms with E-state index in [1.165, 1.54) is 37.4 Å². The van der Waals surface area contributed by atoms with E-state index in [-0.39, 0.29) is 26.6 Å². The molecule has 32 heavy (non-hydrogen) atoms. The molecule has 2 aromatic rings. The summed E-state index contributed by atoms with van der Waals surface area (Å²) in [5.41, 5.74) is -1.88. The Bertz CT molecular complexity index is 1080. The third-order valence-corrected chi connectivity index (χ3v) is 6.43. The van der Waals surface area contributed by atoms with Gasteiger partial charge < -0.3 is 4.74 Å². The number of ether oxygens (including phenoxy) is 1. The minimum Gasteiger partial charge on any atom is -0.468 e. The summed E-state index contributed by atoms with van der Waals surface area (Å²) in [6.07, 6.45) is 0.398. The molecule has 8 heteroatoms. The van der Waals surface area contributed by atoms with Gasteiger partial charge >= 0.3 is 5.97 Å². The molecule has 170 valence electrons. The van der Waals surface area contributed by atoms with Gasteiger partial charge in [0, 0.05) is 22.5 Å². The van der Waals surface area contributed by atoms with Gasteiger partial charge in [0.1, 0.15) is 23.1 Å². The summed E-state index contributed by atoms with van der Waals surface area (Å²) in [6, 6.07) is 8.85. The topological polar surface area (TPSA) is 62.1 Å². The molecule has 0 bridgehead atoms. The third kappa shape index (κ3) is 4.22. The molecule has 1 N–H and O–H groups in total. The highest BCUT2D eigenvalue weighted by atomic mass is 35.5. The molecule has 1 saturated heterocycles. The van der Waals surface area contributed by atoms with Gasteiger partial charge in [-0.1, -0.05) is 62.2 Å². The van der Waals surface area contributed by atoms with Crippen LogP contribution in [0.1, 0.15) is 44.2 Å². The van der Waals surface area contributed by atoms with Crippen LogP contribution in [0.5, 0.6) is 0 Å². The standard InChI is InChI=1S/C24H24Cl2F2N2O2/c1-23(2,3)11-18-24(12-29,15-9-8-13(25)10-17(15)27)19(21(30-18)22(31)32-4)14-6-5-7-16(26)20(14)28/h5-10,18-19,21,30H,11H2,1-4H3/t18-,19-,21+,24-/m0/s1. The van der Waals surface area contributed by atoms with Crippen molar-refractivity contribution >= 4 is 29.2 Å². The number of carbonyl (C=O) groups is 1. The minimum atomic E-state index is -1.65. The fourth-order valence-electron chi connectivity index (χ4n) is 4.66. The molecule has 4 nitrogen and oxygen atoms in total. The number of benzene rings is 2. The van der Waals surface area contributed by atoms with Crippen LogP contribution >= 0.6 is 23.2 Å². The predicted octanol–water partition coefficient (Wildman–Crippen LogP) is 5.77. The molecule has 3 rings (SSSR count). The quantitative estimate of drug-likeness (QED) is 0.564. The maximum Gasteiger partial charge on any atom is 0.323 e. The lowest BCUT2D eigenvalue weighted by atomic mass is 9.62. The molecule has 0 aliphatic carbocycles. The minimum absolute atomic E-state index is 0.0296. The molecule has 0 spiro atoms. The molecule has 0 unspecified atom stereocenters. The first kappa shape index (κ1) is 24.4. The molecule has 0 saturated carbocycles. The number of hydrogen-bond donors (Lipinski definition) is 1. The van der Waals surface area contributed by atoms with Crippen LogP contribution in [0.25, 0.3) is 0 Å². The second-order valence-corrected chi connectivity index (χ2v) is 10.1. The Balaban J connectivity index is 2.39. The zero-order chi connectivity index (χ0) is 23.8. The number of carbonyl (C=O) groups excluding carboxylic acids is 1. The average Bonchev–Trinajstić information content (AvgIpc) is 3.02. The summed E-state index contributed by atoms with van der Waals surface area (Å²) >= 11 is 12.0. The van der Waals surface area contributed by atoms with Crippen LogP contribution in [0.4, 0.5) is 8.78 Å². The molecule has 1 fully saturated rings. The lowest BCUT2D eigenvalue weighted by molar-refractivity contribution is -0.143. The monoisotopic (exact) mass is 480 g/mol. The van der Waals surface area contributed by atoms with Gasteiger partial charge in [-0.05, 0) is 35.6 Å². The maximum atomic E-state index is 15.3. The van der Waals surface area contributed by atoms with Crippen LogP contribution in [0.3, 0.4) is 0 Å². The van der Waals surface area contributed by atoms with Gasteiger partial charge in [-0.3, -0.25) is 10.1 Å². The van der Waals surface area contributed by atoms with E-state index in [1.807, 2.05) is 20.8 Å². The van der Waals surface area contributed by atoms with Crippen molar-refractivity contribution in [1.82, 2.24) is 5.32 Å². The lowest BCUT2D eigenvalue weighted by Crippen LogP contribution is -2.44. The molecule has 0 amide bonds. The normalized spacial score (nSPS) is 25.4. The highest BCUT2D eigenvalue weighted by molar-refractivity contribution is 6.31. The van der Waals surface area contributed by atoms with E-state index in [0.29, 0.717) is 6.42 Å². The van der Waals surface area contributed by atoms with E-state index < -0.39 is 41.0 Å².